The Bertz CT molecular complexity index is 467. The van der Waals surface area contributed by atoms with Gasteiger partial charge < -0.3 is 9.63 Å². The van der Waals surface area contributed by atoms with E-state index in [1.165, 1.54) is 0 Å². The minimum Gasteiger partial charge on any atom is -0.481 e. The van der Waals surface area contributed by atoms with Gasteiger partial charge in [-0.2, -0.15) is 4.98 Å². The van der Waals surface area contributed by atoms with Gasteiger partial charge in [0, 0.05) is 11.3 Å². The Morgan fingerprint density at radius 3 is 3.19 bits per heavy atom. The van der Waals surface area contributed by atoms with Gasteiger partial charge in [0.2, 0.25) is 0 Å². The van der Waals surface area contributed by atoms with Gasteiger partial charge in [0.25, 0.3) is 5.22 Å². The molecule has 7 heteroatoms. The van der Waals surface area contributed by atoms with Crippen molar-refractivity contribution in [2.75, 3.05) is 5.75 Å². The molecule has 0 aliphatic rings. The average Bonchev–Trinajstić information content (AvgIpc) is 2.87. The van der Waals surface area contributed by atoms with Crippen LogP contribution in [0.3, 0.4) is 0 Å². The number of aliphatic carboxylic acids is 1. The van der Waals surface area contributed by atoms with E-state index in [2.05, 4.69) is 10.1 Å². The fourth-order valence-electron chi connectivity index (χ4n) is 1.06. The Hall–Kier alpha value is -1.34. The number of carboxylic acid groups (broad SMARTS) is 1. The van der Waals surface area contributed by atoms with Crippen LogP contribution in [0.25, 0.3) is 0 Å². The van der Waals surface area contributed by atoms with Gasteiger partial charge in [0.1, 0.15) is 5.75 Å². The summed E-state index contributed by atoms with van der Waals surface area (Å²) in [5.41, 5.74) is 0. The predicted octanol–water partition coefficient (Wildman–Crippen LogP) is 1.90. The first-order chi connectivity index (χ1) is 7.74. The van der Waals surface area contributed by atoms with Gasteiger partial charge in [-0.05, 0) is 11.4 Å². The van der Waals surface area contributed by atoms with Gasteiger partial charge in [-0.25, -0.2) is 0 Å². The van der Waals surface area contributed by atoms with Crippen LogP contribution in [0, 0.1) is 0 Å². The monoisotopic (exact) mass is 256 g/mol. The molecule has 0 bridgehead atoms. The topological polar surface area (TPSA) is 76.2 Å². The zero-order valence-corrected chi connectivity index (χ0v) is 9.75. The van der Waals surface area contributed by atoms with Crippen LogP contribution >= 0.6 is 23.1 Å². The maximum absolute atomic E-state index is 10.3. The highest BCUT2D eigenvalue weighted by atomic mass is 32.2. The molecule has 16 heavy (non-hydrogen) atoms. The van der Waals surface area contributed by atoms with E-state index in [4.69, 9.17) is 9.63 Å². The zero-order valence-electron chi connectivity index (χ0n) is 8.12. The number of hydrogen-bond acceptors (Lipinski definition) is 6. The molecule has 0 radical (unpaired) electrons. The summed E-state index contributed by atoms with van der Waals surface area (Å²) >= 11 is 2.65. The van der Waals surface area contributed by atoms with E-state index in [-0.39, 0.29) is 5.75 Å². The second-order valence-corrected chi connectivity index (χ2v) is 4.87. The zero-order chi connectivity index (χ0) is 11.4. The van der Waals surface area contributed by atoms with Crippen molar-refractivity contribution in [1.82, 2.24) is 10.1 Å². The molecule has 2 aromatic heterocycles. The second-order valence-electron chi connectivity index (χ2n) is 2.92. The van der Waals surface area contributed by atoms with Crippen LogP contribution in [-0.4, -0.2) is 27.0 Å². The number of hydrogen-bond donors (Lipinski definition) is 1. The highest BCUT2D eigenvalue weighted by Crippen LogP contribution is 2.17. The molecule has 84 valence electrons. The lowest BCUT2D eigenvalue weighted by Gasteiger charge is -1.88. The number of nitrogens with zero attached hydrogens (tertiary/aromatic N) is 2. The third kappa shape index (κ3) is 3.07. The summed E-state index contributed by atoms with van der Waals surface area (Å²) in [6.45, 7) is 0. The van der Waals surface area contributed by atoms with Gasteiger partial charge >= 0.3 is 5.97 Å². The summed E-state index contributed by atoms with van der Waals surface area (Å²) in [6.07, 6.45) is 0.620. The molecule has 2 rings (SSSR count). The quantitative estimate of drug-likeness (QED) is 0.823. The van der Waals surface area contributed by atoms with Crippen molar-refractivity contribution in [2.45, 2.75) is 11.6 Å². The third-order valence-electron chi connectivity index (χ3n) is 1.68. The first-order valence-corrected chi connectivity index (χ1v) is 6.30. The number of rotatable bonds is 5. The molecule has 0 spiro atoms. The van der Waals surface area contributed by atoms with Gasteiger partial charge in [-0.3, -0.25) is 4.79 Å². The average molecular weight is 256 g/mol. The van der Waals surface area contributed by atoms with Crippen LogP contribution in [-0.2, 0) is 11.2 Å². The summed E-state index contributed by atoms with van der Waals surface area (Å²) in [4.78, 5) is 15.6. The number of thioether (sulfide) groups is 1. The van der Waals surface area contributed by atoms with Crippen LogP contribution in [0.5, 0.6) is 0 Å². The van der Waals surface area contributed by atoms with Gasteiger partial charge in [-0.1, -0.05) is 23.0 Å². The van der Waals surface area contributed by atoms with E-state index in [0.29, 0.717) is 17.5 Å². The molecule has 0 aliphatic heterocycles. The minimum absolute atomic E-state index is 0.0688. The van der Waals surface area contributed by atoms with Gasteiger partial charge in [0.15, 0.2) is 5.82 Å². The Kier molecular flexibility index (Phi) is 3.58. The van der Waals surface area contributed by atoms with Crippen molar-refractivity contribution < 1.29 is 14.4 Å². The highest BCUT2D eigenvalue weighted by molar-refractivity contribution is 7.99. The van der Waals surface area contributed by atoms with E-state index < -0.39 is 5.97 Å². The molecule has 0 saturated heterocycles. The smallest absolute Gasteiger partial charge is 0.314 e. The largest absolute Gasteiger partial charge is 0.481 e. The van der Waals surface area contributed by atoms with Crippen molar-refractivity contribution in [2.24, 2.45) is 0 Å². The summed E-state index contributed by atoms with van der Waals surface area (Å²) < 4.78 is 4.91. The number of aromatic nitrogens is 2. The molecule has 0 saturated carbocycles. The molecule has 0 fully saturated rings. The summed E-state index contributed by atoms with van der Waals surface area (Å²) in [5.74, 6) is -0.390. The Morgan fingerprint density at radius 2 is 2.50 bits per heavy atom. The summed E-state index contributed by atoms with van der Waals surface area (Å²) in [5, 5.41) is 14.5. The first-order valence-electron chi connectivity index (χ1n) is 4.43. The van der Waals surface area contributed by atoms with Gasteiger partial charge in [0.05, 0.1) is 0 Å². The molecular formula is C9H8N2O3S2. The normalized spacial score (nSPS) is 10.5. The van der Waals surface area contributed by atoms with E-state index in [0.717, 1.165) is 16.6 Å². The Balaban J connectivity index is 1.94. The Labute approximate surface area is 99.5 Å². The molecule has 5 nitrogen and oxygen atoms in total. The van der Waals surface area contributed by atoms with Crippen LogP contribution in [0.2, 0.25) is 0 Å². The van der Waals surface area contributed by atoms with E-state index >= 15 is 0 Å². The molecule has 0 amide bonds. The SMILES string of the molecule is O=C(O)CSc1nc(Cc2cccs2)no1. The molecule has 2 heterocycles. The molecular weight excluding hydrogens is 248 g/mol. The van der Waals surface area contributed by atoms with Crippen LogP contribution in [0.4, 0.5) is 0 Å². The van der Waals surface area contributed by atoms with Crippen LogP contribution in [0.1, 0.15) is 10.7 Å². The van der Waals surface area contributed by atoms with Crippen molar-refractivity contribution in [3.63, 3.8) is 0 Å². The first kappa shape index (κ1) is 11.2. The lowest BCUT2D eigenvalue weighted by atomic mass is 10.3. The van der Waals surface area contributed by atoms with Gasteiger partial charge in [-0.15, -0.1) is 11.3 Å². The fourth-order valence-corrected chi connectivity index (χ4v) is 2.27. The lowest BCUT2D eigenvalue weighted by Crippen LogP contribution is -1.97. The van der Waals surface area contributed by atoms with Crippen molar-refractivity contribution in [1.29, 1.82) is 0 Å². The van der Waals surface area contributed by atoms with E-state index in [1.807, 2.05) is 17.5 Å². The minimum atomic E-state index is -0.900. The standard InChI is InChI=1S/C9H8N2O3S2/c12-8(13)5-16-9-10-7(11-14-9)4-6-2-1-3-15-6/h1-3H,4-5H2,(H,12,13). The van der Waals surface area contributed by atoms with Crippen molar-refractivity contribution in [3.05, 3.63) is 28.2 Å². The van der Waals surface area contributed by atoms with E-state index in [9.17, 15) is 4.79 Å². The van der Waals surface area contributed by atoms with Crippen molar-refractivity contribution >= 4 is 29.1 Å². The number of carbonyl (C=O) groups is 1. The molecule has 0 aliphatic carbocycles. The third-order valence-corrected chi connectivity index (χ3v) is 3.36. The molecule has 0 unspecified atom stereocenters. The number of thiophene rings is 1. The molecule has 1 N–H and O–H groups in total. The fraction of sp³-hybridized carbons (Fsp3) is 0.222. The maximum Gasteiger partial charge on any atom is 0.314 e. The van der Waals surface area contributed by atoms with Crippen LogP contribution < -0.4 is 0 Å². The Morgan fingerprint density at radius 1 is 1.62 bits per heavy atom. The van der Waals surface area contributed by atoms with E-state index in [1.54, 1.807) is 11.3 Å². The molecule has 0 aromatic carbocycles. The van der Waals surface area contributed by atoms with Crippen molar-refractivity contribution in [3.8, 4) is 0 Å². The highest BCUT2D eigenvalue weighted by Gasteiger charge is 2.09. The maximum atomic E-state index is 10.3. The van der Waals surface area contributed by atoms with Crippen LogP contribution in [0.15, 0.2) is 27.3 Å². The predicted molar refractivity (Wildman–Crippen MR) is 59.8 cm³/mol. The lowest BCUT2D eigenvalue weighted by molar-refractivity contribution is -0.133. The summed E-state index contributed by atoms with van der Waals surface area (Å²) in [6, 6.07) is 3.95. The summed E-state index contributed by atoms with van der Waals surface area (Å²) in [7, 11) is 0. The molecule has 0 atom stereocenters. The number of carboxylic acids is 1. The second kappa shape index (κ2) is 5.13. The molecule has 2 aromatic rings.